The van der Waals surface area contributed by atoms with Gasteiger partial charge in [0.05, 0.1) is 25.4 Å². The Kier molecular flexibility index (Phi) is 44.8. The topological polar surface area (TPSA) is 175 Å². The first-order valence-corrected chi connectivity index (χ1v) is 28.8. The van der Waals surface area contributed by atoms with Crippen molar-refractivity contribution < 1.29 is 49.3 Å². The second-order valence-corrected chi connectivity index (χ2v) is 19.8. The zero-order valence-corrected chi connectivity index (χ0v) is 45.1. The Morgan fingerprint density at radius 1 is 0.563 bits per heavy atom. The number of allylic oxidation sites excluding steroid dienone is 11. The molecule has 0 aromatic rings. The van der Waals surface area contributed by atoms with Gasteiger partial charge in [0.15, 0.2) is 12.4 Å². The Morgan fingerprint density at radius 3 is 1.49 bits per heavy atom. The van der Waals surface area contributed by atoms with Gasteiger partial charge in [0, 0.05) is 6.42 Å². The van der Waals surface area contributed by atoms with Crippen molar-refractivity contribution in [3.63, 3.8) is 0 Å². The average molecular weight is 1000 g/mol. The van der Waals surface area contributed by atoms with E-state index in [4.69, 9.17) is 14.2 Å². The molecule has 11 heteroatoms. The van der Waals surface area contributed by atoms with Crippen LogP contribution in [0.2, 0.25) is 0 Å². The van der Waals surface area contributed by atoms with Crippen LogP contribution in [0.4, 0.5) is 0 Å². The molecule has 1 aliphatic rings. The predicted molar refractivity (Wildman–Crippen MR) is 292 cm³/mol. The summed E-state index contributed by atoms with van der Waals surface area (Å²) in [6.07, 6.45) is 49.7. The van der Waals surface area contributed by atoms with Gasteiger partial charge in [0.1, 0.15) is 24.4 Å². The highest BCUT2D eigenvalue weighted by Gasteiger charge is 2.47. The van der Waals surface area contributed by atoms with Gasteiger partial charge in [0.25, 0.3) is 0 Å². The summed E-state index contributed by atoms with van der Waals surface area (Å²) in [4.78, 5) is 26.4. The van der Waals surface area contributed by atoms with E-state index in [0.29, 0.717) is 12.8 Å². The molecule has 0 spiro atoms. The predicted octanol–water partition coefficient (Wildman–Crippen LogP) is 12.8. The molecule has 6 N–H and O–H groups in total. The molecular formula is C60H105NO10. The lowest BCUT2D eigenvalue weighted by atomic mass is 9.99. The normalized spacial score (nSPS) is 20.1. The number of amides is 1. The molecule has 0 bridgehead atoms. The zero-order valence-electron chi connectivity index (χ0n) is 45.1. The molecule has 0 radical (unpaired) electrons. The molecule has 0 aliphatic carbocycles. The molecule has 1 rings (SSSR count). The standard InChI is InChI=1S/C60H105NO10/c1-4-7-10-13-16-19-22-24-25-26-27-28-29-30-33-36-39-42-45-48-55(65)71-58-57(67)56(66)54(49-62)70-60(58)69-50-51(52(63)46-43-40-37-34-31-21-18-15-12-9-6-3)61-59(68)53(64)47-44-41-38-35-32-23-20-17-14-11-8-5-2/h8,11,14,17,20,23,32,35,38,41,43,46,51-54,56-58,60,62-64,66-67H,4-7,9-10,12-13,15-16,18-19,21-22,24-31,33-34,36-37,39-40,42,44-45,47-50H2,1-3H3,(H,61,68)/b11-8+,17-14+,23-20-,35-32-,41-38+,46-43+. The summed E-state index contributed by atoms with van der Waals surface area (Å²) < 4.78 is 17.5. The summed E-state index contributed by atoms with van der Waals surface area (Å²) in [5.41, 5.74) is 0. The maximum atomic E-state index is 13.3. The van der Waals surface area contributed by atoms with Gasteiger partial charge in [-0.2, -0.15) is 0 Å². The lowest BCUT2D eigenvalue weighted by Gasteiger charge is -2.41. The highest BCUT2D eigenvalue weighted by molar-refractivity contribution is 5.80. The van der Waals surface area contributed by atoms with Crippen LogP contribution < -0.4 is 5.32 Å². The van der Waals surface area contributed by atoms with Gasteiger partial charge >= 0.3 is 5.97 Å². The van der Waals surface area contributed by atoms with E-state index >= 15 is 0 Å². The number of hydrogen-bond donors (Lipinski definition) is 6. The van der Waals surface area contributed by atoms with Crippen molar-refractivity contribution in [3.05, 3.63) is 72.9 Å². The summed E-state index contributed by atoms with van der Waals surface area (Å²) in [7, 11) is 0. The SMILES string of the molecule is CC/C=C/C=C/C=C\C=C/C=C/CCC(O)C(=O)NC(COC1OC(CO)C(O)C(O)C1OC(=O)CCCCCCCCCCCCCCCCCCCCC)C(O)/C=C/CCCCCCCCCCC. The lowest BCUT2D eigenvalue weighted by molar-refractivity contribution is -0.305. The molecule has 0 aromatic heterocycles. The third-order valence-corrected chi connectivity index (χ3v) is 13.3. The van der Waals surface area contributed by atoms with E-state index in [1.54, 1.807) is 6.08 Å². The van der Waals surface area contributed by atoms with E-state index in [1.165, 1.54) is 135 Å². The van der Waals surface area contributed by atoms with Crippen LogP contribution in [-0.2, 0) is 23.8 Å². The molecule has 0 aromatic carbocycles. The van der Waals surface area contributed by atoms with Crippen molar-refractivity contribution in [2.75, 3.05) is 13.2 Å². The fourth-order valence-electron chi connectivity index (χ4n) is 8.68. The zero-order chi connectivity index (χ0) is 51.8. The lowest BCUT2D eigenvalue weighted by Crippen LogP contribution is -2.61. The quantitative estimate of drug-likeness (QED) is 0.0149. The van der Waals surface area contributed by atoms with Gasteiger partial charge < -0.3 is 45.1 Å². The van der Waals surface area contributed by atoms with E-state index in [0.717, 1.165) is 51.4 Å². The van der Waals surface area contributed by atoms with Crippen molar-refractivity contribution in [2.45, 2.75) is 282 Å². The fourth-order valence-corrected chi connectivity index (χ4v) is 8.68. The van der Waals surface area contributed by atoms with Gasteiger partial charge in [-0.15, -0.1) is 0 Å². The molecule has 11 nitrogen and oxygen atoms in total. The molecule has 0 saturated carbocycles. The second kappa shape index (κ2) is 48.1. The monoisotopic (exact) mass is 1000 g/mol. The van der Waals surface area contributed by atoms with E-state index in [9.17, 15) is 35.1 Å². The number of carbonyl (C=O) groups excluding carboxylic acids is 2. The molecule has 71 heavy (non-hydrogen) atoms. The molecule has 1 heterocycles. The highest BCUT2D eigenvalue weighted by Crippen LogP contribution is 2.26. The average Bonchev–Trinajstić information content (AvgIpc) is 3.37. The number of nitrogens with one attached hydrogen (secondary N) is 1. The maximum Gasteiger partial charge on any atom is 0.306 e. The Hall–Kier alpha value is -2.90. The van der Waals surface area contributed by atoms with Crippen LogP contribution in [0.15, 0.2) is 72.9 Å². The van der Waals surface area contributed by atoms with Crippen molar-refractivity contribution in [1.29, 1.82) is 0 Å². The number of ether oxygens (including phenoxy) is 3. The van der Waals surface area contributed by atoms with E-state index in [1.807, 2.05) is 60.8 Å². The number of hydrogen-bond acceptors (Lipinski definition) is 10. The number of esters is 1. The van der Waals surface area contributed by atoms with Gasteiger partial charge in [-0.05, 0) is 38.5 Å². The van der Waals surface area contributed by atoms with Crippen molar-refractivity contribution in [1.82, 2.24) is 5.32 Å². The van der Waals surface area contributed by atoms with Crippen LogP contribution in [0, 0.1) is 0 Å². The summed E-state index contributed by atoms with van der Waals surface area (Å²) in [6.45, 7) is 5.58. The van der Waals surface area contributed by atoms with Crippen LogP contribution in [0.25, 0.3) is 0 Å². The Balaban J connectivity index is 2.71. The number of aliphatic hydroxyl groups excluding tert-OH is 5. The molecule has 8 atom stereocenters. The smallest absolute Gasteiger partial charge is 0.306 e. The van der Waals surface area contributed by atoms with Gasteiger partial charge in [-0.1, -0.05) is 261 Å². The first-order valence-electron chi connectivity index (χ1n) is 28.8. The molecule has 1 aliphatic heterocycles. The summed E-state index contributed by atoms with van der Waals surface area (Å²) >= 11 is 0. The number of carbonyl (C=O) groups is 2. The minimum absolute atomic E-state index is 0.116. The number of unbranched alkanes of at least 4 members (excludes halogenated alkanes) is 27. The minimum atomic E-state index is -1.63. The van der Waals surface area contributed by atoms with Crippen LogP contribution in [0.1, 0.15) is 233 Å². The van der Waals surface area contributed by atoms with E-state index in [-0.39, 0.29) is 19.4 Å². The largest absolute Gasteiger partial charge is 0.454 e. The Bertz CT molecular complexity index is 1430. The minimum Gasteiger partial charge on any atom is -0.454 e. The number of aliphatic hydroxyl groups is 5. The van der Waals surface area contributed by atoms with E-state index < -0.39 is 67.4 Å². The molecule has 410 valence electrons. The van der Waals surface area contributed by atoms with Crippen molar-refractivity contribution in [2.24, 2.45) is 0 Å². The molecule has 1 saturated heterocycles. The Labute approximate surface area is 432 Å². The fraction of sp³-hybridized carbons (Fsp3) is 0.767. The van der Waals surface area contributed by atoms with Gasteiger partial charge in [0.2, 0.25) is 5.91 Å². The molecule has 1 amide bonds. The number of rotatable bonds is 47. The van der Waals surface area contributed by atoms with Crippen LogP contribution in [0.3, 0.4) is 0 Å². The Morgan fingerprint density at radius 2 is 1.01 bits per heavy atom. The van der Waals surface area contributed by atoms with Crippen molar-refractivity contribution >= 4 is 11.9 Å². The van der Waals surface area contributed by atoms with Gasteiger partial charge in [-0.25, -0.2) is 0 Å². The van der Waals surface area contributed by atoms with E-state index in [2.05, 4.69) is 32.2 Å². The summed E-state index contributed by atoms with van der Waals surface area (Å²) in [5.74, 6) is -1.27. The third kappa shape index (κ3) is 36.6. The van der Waals surface area contributed by atoms with Crippen molar-refractivity contribution in [3.8, 4) is 0 Å². The summed E-state index contributed by atoms with van der Waals surface area (Å²) in [6, 6.07) is -1.06. The second-order valence-electron chi connectivity index (χ2n) is 19.8. The van der Waals surface area contributed by atoms with Crippen LogP contribution in [0.5, 0.6) is 0 Å². The molecular weight excluding hydrogens is 895 g/mol. The third-order valence-electron chi connectivity index (χ3n) is 13.3. The molecule has 8 unspecified atom stereocenters. The first kappa shape index (κ1) is 66.1. The first-order chi connectivity index (χ1) is 34.7. The van der Waals surface area contributed by atoms with Gasteiger partial charge in [-0.3, -0.25) is 9.59 Å². The van der Waals surface area contributed by atoms with Crippen LogP contribution in [-0.4, -0.2) is 99.6 Å². The highest BCUT2D eigenvalue weighted by atomic mass is 16.7. The summed E-state index contributed by atoms with van der Waals surface area (Å²) in [5, 5.41) is 56.6. The maximum absolute atomic E-state index is 13.3. The molecule has 1 fully saturated rings. The van der Waals surface area contributed by atoms with Crippen LogP contribution >= 0.6 is 0 Å².